The molecule has 0 unspecified atom stereocenters. The van der Waals surface area contributed by atoms with Crippen molar-refractivity contribution >= 4 is 21.6 Å². The molecule has 0 atom stereocenters. The fourth-order valence-corrected chi connectivity index (χ4v) is 4.14. The van der Waals surface area contributed by atoms with Crippen LogP contribution in [0.1, 0.15) is 32.3 Å². The van der Waals surface area contributed by atoms with Crippen molar-refractivity contribution < 1.29 is 13.2 Å². The molecule has 0 aromatic heterocycles. The molecule has 0 aliphatic heterocycles. The molecular formula is C14H23ClN2O3S. The SMILES string of the molecule is CCCCN(CC)S(=O)(=O)c1cc(Cl)cc(CN)c1OC. The zero-order chi connectivity index (χ0) is 16.0. The highest BCUT2D eigenvalue weighted by atomic mass is 35.5. The van der Waals surface area contributed by atoms with Crippen LogP contribution in [-0.4, -0.2) is 32.9 Å². The number of nitrogens with zero attached hydrogens (tertiary/aromatic N) is 1. The Morgan fingerprint density at radius 2 is 2.00 bits per heavy atom. The maximum atomic E-state index is 12.8. The van der Waals surface area contributed by atoms with Crippen molar-refractivity contribution in [3.63, 3.8) is 0 Å². The number of halogens is 1. The van der Waals surface area contributed by atoms with Crippen molar-refractivity contribution in [3.05, 3.63) is 22.7 Å². The Labute approximate surface area is 132 Å². The summed E-state index contributed by atoms with van der Waals surface area (Å²) in [4.78, 5) is 0.0795. The van der Waals surface area contributed by atoms with Gasteiger partial charge in [-0.25, -0.2) is 8.42 Å². The first-order valence-corrected chi connectivity index (χ1v) is 8.80. The summed E-state index contributed by atoms with van der Waals surface area (Å²) < 4.78 is 32.3. The van der Waals surface area contributed by atoms with E-state index >= 15 is 0 Å². The number of unbranched alkanes of at least 4 members (excludes halogenated alkanes) is 1. The summed E-state index contributed by atoms with van der Waals surface area (Å²) in [6.45, 7) is 4.87. The van der Waals surface area contributed by atoms with Crippen molar-refractivity contribution in [1.82, 2.24) is 4.31 Å². The number of sulfonamides is 1. The lowest BCUT2D eigenvalue weighted by atomic mass is 10.2. The average Bonchev–Trinajstić information content (AvgIpc) is 2.46. The van der Waals surface area contributed by atoms with Crippen LogP contribution in [0.5, 0.6) is 5.75 Å². The smallest absolute Gasteiger partial charge is 0.246 e. The van der Waals surface area contributed by atoms with Crippen LogP contribution in [-0.2, 0) is 16.6 Å². The van der Waals surface area contributed by atoms with Crippen molar-refractivity contribution in [1.29, 1.82) is 0 Å². The van der Waals surface area contributed by atoms with Gasteiger partial charge in [0.25, 0.3) is 0 Å². The monoisotopic (exact) mass is 334 g/mol. The van der Waals surface area contributed by atoms with Crippen LogP contribution in [0.3, 0.4) is 0 Å². The summed E-state index contributed by atoms with van der Waals surface area (Å²) >= 11 is 6.02. The maximum absolute atomic E-state index is 12.8. The van der Waals surface area contributed by atoms with Crippen LogP contribution >= 0.6 is 11.6 Å². The molecule has 0 radical (unpaired) electrons. The summed E-state index contributed by atoms with van der Waals surface area (Å²) in [6.07, 6.45) is 1.73. The van der Waals surface area contributed by atoms with Gasteiger partial charge in [0, 0.05) is 30.2 Å². The molecule has 5 nitrogen and oxygen atoms in total. The molecule has 0 fully saturated rings. The number of benzene rings is 1. The number of rotatable bonds is 8. The summed E-state index contributed by atoms with van der Waals surface area (Å²) in [5.41, 5.74) is 6.23. The van der Waals surface area contributed by atoms with E-state index in [4.69, 9.17) is 22.1 Å². The van der Waals surface area contributed by atoms with Crippen molar-refractivity contribution in [2.75, 3.05) is 20.2 Å². The molecule has 2 N–H and O–H groups in total. The van der Waals surface area contributed by atoms with E-state index < -0.39 is 10.0 Å². The molecule has 0 saturated carbocycles. The van der Waals surface area contributed by atoms with Gasteiger partial charge in [0.15, 0.2) is 0 Å². The van der Waals surface area contributed by atoms with Crippen LogP contribution in [0.4, 0.5) is 0 Å². The van der Waals surface area contributed by atoms with Gasteiger partial charge >= 0.3 is 0 Å². The highest BCUT2D eigenvalue weighted by Gasteiger charge is 2.28. The van der Waals surface area contributed by atoms with E-state index in [0.717, 1.165) is 12.8 Å². The number of methoxy groups -OCH3 is 1. The first kappa shape index (κ1) is 18.2. The molecule has 0 heterocycles. The Morgan fingerprint density at radius 1 is 1.33 bits per heavy atom. The molecule has 0 saturated heterocycles. The normalized spacial score (nSPS) is 11.9. The zero-order valence-electron chi connectivity index (χ0n) is 12.7. The number of nitrogens with two attached hydrogens (primary N) is 1. The van der Waals surface area contributed by atoms with Crippen LogP contribution in [0, 0.1) is 0 Å². The standard InChI is InChI=1S/C14H23ClN2O3S/c1-4-6-7-17(5-2)21(18,19)13-9-12(15)8-11(10-16)14(13)20-3/h8-9H,4-7,10,16H2,1-3H3. The Bertz CT molecular complexity index is 576. The lowest BCUT2D eigenvalue weighted by Crippen LogP contribution is -2.32. The lowest BCUT2D eigenvalue weighted by molar-refractivity contribution is 0.387. The molecule has 0 bridgehead atoms. The Morgan fingerprint density at radius 3 is 2.48 bits per heavy atom. The minimum absolute atomic E-state index is 0.0795. The third kappa shape index (κ3) is 4.10. The molecule has 1 aromatic rings. The van der Waals surface area contributed by atoms with Gasteiger partial charge in [-0.2, -0.15) is 4.31 Å². The second-order valence-electron chi connectivity index (χ2n) is 4.65. The van der Waals surface area contributed by atoms with Crippen LogP contribution in [0.25, 0.3) is 0 Å². The second kappa shape index (κ2) is 7.98. The summed E-state index contributed by atoms with van der Waals surface area (Å²) in [7, 11) is -2.22. The van der Waals surface area contributed by atoms with E-state index in [0.29, 0.717) is 23.7 Å². The quantitative estimate of drug-likeness (QED) is 0.793. The van der Waals surface area contributed by atoms with E-state index in [9.17, 15) is 8.42 Å². The second-order valence-corrected chi connectivity index (χ2v) is 6.99. The van der Waals surface area contributed by atoms with Crippen molar-refractivity contribution in [2.45, 2.75) is 38.1 Å². The number of hydrogen-bond donors (Lipinski definition) is 1. The number of hydrogen-bond acceptors (Lipinski definition) is 4. The molecule has 0 aliphatic rings. The minimum Gasteiger partial charge on any atom is -0.495 e. The Kier molecular flexibility index (Phi) is 6.93. The Balaban J connectivity index is 3.38. The molecule has 120 valence electrons. The van der Waals surface area contributed by atoms with Gasteiger partial charge in [0.05, 0.1) is 7.11 Å². The largest absolute Gasteiger partial charge is 0.495 e. The molecule has 1 aromatic carbocycles. The van der Waals surface area contributed by atoms with E-state index in [1.165, 1.54) is 17.5 Å². The predicted octanol–water partition coefficient (Wildman–Crippen LogP) is 2.62. The average molecular weight is 335 g/mol. The van der Waals surface area contributed by atoms with Gasteiger partial charge in [0.1, 0.15) is 10.6 Å². The molecule has 0 spiro atoms. The molecule has 21 heavy (non-hydrogen) atoms. The van der Waals surface area contributed by atoms with E-state index in [1.54, 1.807) is 6.07 Å². The fraction of sp³-hybridized carbons (Fsp3) is 0.571. The van der Waals surface area contributed by atoms with E-state index in [-0.39, 0.29) is 17.2 Å². The van der Waals surface area contributed by atoms with Gasteiger partial charge in [0.2, 0.25) is 10.0 Å². The number of ether oxygens (including phenoxy) is 1. The fourth-order valence-electron chi connectivity index (χ4n) is 2.12. The summed E-state index contributed by atoms with van der Waals surface area (Å²) in [6, 6.07) is 3.05. The van der Waals surface area contributed by atoms with Crippen LogP contribution in [0.2, 0.25) is 5.02 Å². The molecule has 7 heteroatoms. The minimum atomic E-state index is -3.65. The van der Waals surface area contributed by atoms with Gasteiger partial charge in [-0.3, -0.25) is 0 Å². The topological polar surface area (TPSA) is 72.6 Å². The summed E-state index contributed by atoms with van der Waals surface area (Å²) in [5.74, 6) is 0.275. The lowest BCUT2D eigenvalue weighted by Gasteiger charge is -2.22. The highest BCUT2D eigenvalue weighted by Crippen LogP contribution is 2.33. The Hall–Kier alpha value is -0.820. The predicted molar refractivity (Wildman–Crippen MR) is 85.2 cm³/mol. The zero-order valence-corrected chi connectivity index (χ0v) is 14.3. The van der Waals surface area contributed by atoms with Gasteiger partial charge in [-0.15, -0.1) is 0 Å². The van der Waals surface area contributed by atoms with Crippen molar-refractivity contribution in [3.8, 4) is 5.75 Å². The first-order valence-electron chi connectivity index (χ1n) is 6.98. The molecule has 0 amide bonds. The van der Waals surface area contributed by atoms with Crippen LogP contribution in [0.15, 0.2) is 17.0 Å². The first-order chi connectivity index (χ1) is 9.92. The van der Waals surface area contributed by atoms with Gasteiger partial charge in [-0.1, -0.05) is 31.9 Å². The summed E-state index contributed by atoms with van der Waals surface area (Å²) in [5, 5.41) is 0.335. The van der Waals surface area contributed by atoms with Crippen molar-refractivity contribution in [2.24, 2.45) is 5.73 Å². The highest BCUT2D eigenvalue weighted by molar-refractivity contribution is 7.89. The van der Waals surface area contributed by atoms with Gasteiger partial charge in [-0.05, 0) is 18.6 Å². The van der Waals surface area contributed by atoms with E-state index in [2.05, 4.69) is 0 Å². The molecular weight excluding hydrogens is 312 g/mol. The third-order valence-electron chi connectivity index (χ3n) is 3.25. The van der Waals surface area contributed by atoms with Gasteiger partial charge < -0.3 is 10.5 Å². The van der Waals surface area contributed by atoms with Crippen LogP contribution < -0.4 is 10.5 Å². The molecule has 1 rings (SSSR count). The third-order valence-corrected chi connectivity index (χ3v) is 5.45. The van der Waals surface area contributed by atoms with E-state index in [1.807, 2.05) is 13.8 Å². The maximum Gasteiger partial charge on any atom is 0.246 e. The molecule has 0 aliphatic carbocycles.